The molecule has 0 N–H and O–H groups in total. The Labute approximate surface area is 124 Å². The van der Waals surface area contributed by atoms with Gasteiger partial charge in [-0.1, -0.05) is 48.5 Å². The summed E-state index contributed by atoms with van der Waals surface area (Å²) in [6.45, 7) is 0. The third-order valence-corrected chi connectivity index (χ3v) is 4.68. The van der Waals surface area contributed by atoms with Crippen LogP contribution >= 0.6 is 0 Å². The molecule has 0 heterocycles. The summed E-state index contributed by atoms with van der Waals surface area (Å²) in [5, 5.41) is 13.1. The number of benzene rings is 3. The van der Waals surface area contributed by atoms with Crippen molar-refractivity contribution >= 4 is 27.5 Å². The van der Waals surface area contributed by atoms with Crippen LogP contribution in [-0.2, 0) is 10.8 Å². The molecule has 0 radical (unpaired) electrons. The van der Waals surface area contributed by atoms with Gasteiger partial charge in [-0.15, -0.1) is 0 Å². The van der Waals surface area contributed by atoms with Crippen LogP contribution < -0.4 is 5.11 Å². The van der Waals surface area contributed by atoms with Crippen LogP contribution in [0.25, 0.3) is 10.8 Å². The lowest BCUT2D eigenvalue weighted by molar-refractivity contribution is -0.255. The zero-order chi connectivity index (χ0) is 14.8. The van der Waals surface area contributed by atoms with E-state index in [2.05, 4.69) is 0 Å². The average molecular weight is 295 g/mol. The Kier molecular flexibility index (Phi) is 3.54. The molecule has 0 bridgehead atoms. The molecule has 104 valence electrons. The molecule has 1 atom stereocenters. The lowest BCUT2D eigenvalue weighted by atomic mass is 10.1. The van der Waals surface area contributed by atoms with Gasteiger partial charge in [-0.05, 0) is 29.0 Å². The maximum absolute atomic E-state index is 12.6. The second-order valence-corrected chi connectivity index (χ2v) is 6.01. The van der Waals surface area contributed by atoms with Crippen LogP contribution in [0.5, 0.6) is 0 Å². The summed E-state index contributed by atoms with van der Waals surface area (Å²) < 4.78 is 12.6. The SMILES string of the molecule is O=C([O-])c1ccccc1[S@@](=O)c1ccc2ccccc2c1. The molecule has 3 aromatic rings. The van der Waals surface area contributed by atoms with E-state index < -0.39 is 16.8 Å². The zero-order valence-electron chi connectivity index (χ0n) is 11.0. The fraction of sp³-hybridized carbons (Fsp3) is 0. The molecule has 21 heavy (non-hydrogen) atoms. The zero-order valence-corrected chi connectivity index (χ0v) is 11.8. The maximum Gasteiger partial charge on any atom is 0.0856 e. The van der Waals surface area contributed by atoms with Gasteiger partial charge in [-0.2, -0.15) is 0 Å². The summed E-state index contributed by atoms with van der Waals surface area (Å²) in [5.41, 5.74) is -0.0380. The number of hydrogen-bond donors (Lipinski definition) is 0. The van der Waals surface area contributed by atoms with E-state index in [9.17, 15) is 14.1 Å². The van der Waals surface area contributed by atoms with Crippen molar-refractivity contribution in [2.45, 2.75) is 9.79 Å². The summed E-state index contributed by atoms with van der Waals surface area (Å²) in [4.78, 5) is 12.0. The van der Waals surface area contributed by atoms with E-state index in [0.29, 0.717) is 4.90 Å². The van der Waals surface area contributed by atoms with Gasteiger partial charge in [0.2, 0.25) is 0 Å². The third kappa shape index (κ3) is 2.58. The third-order valence-electron chi connectivity index (χ3n) is 3.24. The Morgan fingerprint density at radius 2 is 1.52 bits per heavy atom. The fourth-order valence-corrected chi connectivity index (χ4v) is 3.44. The predicted molar refractivity (Wildman–Crippen MR) is 79.4 cm³/mol. The van der Waals surface area contributed by atoms with Crippen molar-refractivity contribution < 1.29 is 14.1 Å². The molecule has 3 aromatic carbocycles. The van der Waals surface area contributed by atoms with Crippen molar-refractivity contribution in [3.05, 3.63) is 72.3 Å². The van der Waals surface area contributed by atoms with Crippen LogP contribution in [0.4, 0.5) is 0 Å². The van der Waals surface area contributed by atoms with Gasteiger partial charge >= 0.3 is 0 Å². The molecule has 0 fully saturated rings. The maximum atomic E-state index is 12.6. The summed E-state index contributed by atoms with van der Waals surface area (Å²) in [6, 6.07) is 19.4. The first-order chi connectivity index (χ1) is 10.2. The molecule has 0 aliphatic rings. The largest absolute Gasteiger partial charge is 0.545 e. The molecule has 4 heteroatoms. The highest BCUT2D eigenvalue weighted by Crippen LogP contribution is 2.23. The highest BCUT2D eigenvalue weighted by atomic mass is 32.2. The Bertz CT molecular complexity index is 855. The number of fused-ring (bicyclic) bond motifs is 1. The van der Waals surface area contributed by atoms with Gasteiger partial charge in [-0.3, -0.25) is 0 Å². The van der Waals surface area contributed by atoms with Gasteiger partial charge < -0.3 is 9.90 Å². The molecule has 0 unspecified atom stereocenters. The number of carbonyl (C=O) groups excluding carboxylic acids is 1. The lowest BCUT2D eigenvalue weighted by Gasteiger charge is -2.10. The first kappa shape index (κ1) is 13.5. The van der Waals surface area contributed by atoms with Gasteiger partial charge in [-0.25, -0.2) is 4.21 Å². The van der Waals surface area contributed by atoms with Crippen LogP contribution in [0, 0.1) is 0 Å². The van der Waals surface area contributed by atoms with E-state index in [0.717, 1.165) is 10.8 Å². The minimum Gasteiger partial charge on any atom is -0.545 e. The van der Waals surface area contributed by atoms with Crippen LogP contribution in [0.2, 0.25) is 0 Å². The molecule has 0 aliphatic heterocycles. The van der Waals surface area contributed by atoms with Crippen molar-refractivity contribution in [3.8, 4) is 0 Å². The topological polar surface area (TPSA) is 57.2 Å². The van der Waals surface area contributed by atoms with E-state index in [1.807, 2.05) is 36.4 Å². The number of carbonyl (C=O) groups is 1. The van der Waals surface area contributed by atoms with E-state index >= 15 is 0 Å². The Morgan fingerprint density at radius 3 is 2.29 bits per heavy atom. The number of carboxylic acids is 1. The highest BCUT2D eigenvalue weighted by molar-refractivity contribution is 7.85. The van der Waals surface area contributed by atoms with E-state index in [1.165, 1.54) is 6.07 Å². The highest BCUT2D eigenvalue weighted by Gasteiger charge is 2.12. The minimum absolute atomic E-state index is 0.0380. The van der Waals surface area contributed by atoms with Gasteiger partial charge in [0.05, 0.1) is 21.7 Å². The normalized spacial score (nSPS) is 12.2. The van der Waals surface area contributed by atoms with Gasteiger partial charge in [0, 0.05) is 10.5 Å². The molecule has 0 aliphatic carbocycles. The summed E-state index contributed by atoms with van der Waals surface area (Å²) in [5.74, 6) is -1.32. The molecule has 3 nitrogen and oxygen atoms in total. The predicted octanol–water partition coefficient (Wildman–Crippen LogP) is 2.37. The fourth-order valence-electron chi connectivity index (χ4n) is 2.21. The summed E-state index contributed by atoms with van der Waals surface area (Å²) >= 11 is 0. The number of rotatable bonds is 3. The molecule has 0 amide bonds. The molecular weight excluding hydrogens is 284 g/mol. The number of carboxylic acid groups (broad SMARTS) is 1. The van der Waals surface area contributed by atoms with E-state index in [4.69, 9.17) is 0 Å². The van der Waals surface area contributed by atoms with Crippen molar-refractivity contribution in [1.29, 1.82) is 0 Å². The average Bonchev–Trinajstić information content (AvgIpc) is 2.53. The van der Waals surface area contributed by atoms with Gasteiger partial charge in [0.1, 0.15) is 0 Å². The summed E-state index contributed by atoms with van der Waals surface area (Å²) in [6.07, 6.45) is 0. The van der Waals surface area contributed by atoms with Crippen LogP contribution in [0.1, 0.15) is 10.4 Å². The van der Waals surface area contributed by atoms with Gasteiger partial charge in [0.15, 0.2) is 0 Å². The second-order valence-electron chi connectivity index (χ2n) is 4.56. The van der Waals surface area contributed by atoms with Crippen molar-refractivity contribution in [3.63, 3.8) is 0 Å². The Morgan fingerprint density at radius 1 is 0.857 bits per heavy atom. The monoisotopic (exact) mass is 295 g/mol. The Balaban J connectivity index is 2.10. The lowest BCUT2D eigenvalue weighted by Crippen LogP contribution is -2.23. The number of aromatic carboxylic acids is 1. The first-order valence-corrected chi connectivity index (χ1v) is 7.53. The molecule has 0 spiro atoms. The van der Waals surface area contributed by atoms with Crippen LogP contribution in [-0.4, -0.2) is 10.2 Å². The minimum atomic E-state index is -1.56. The second kappa shape index (κ2) is 5.50. The van der Waals surface area contributed by atoms with Crippen molar-refractivity contribution in [2.75, 3.05) is 0 Å². The first-order valence-electron chi connectivity index (χ1n) is 6.38. The molecular formula is C17H11O3S-. The van der Waals surface area contributed by atoms with Crippen LogP contribution in [0.15, 0.2) is 76.5 Å². The molecule has 0 saturated heterocycles. The molecule has 0 saturated carbocycles. The molecule has 0 aromatic heterocycles. The Hall–Kier alpha value is -2.46. The van der Waals surface area contributed by atoms with Crippen molar-refractivity contribution in [2.24, 2.45) is 0 Å². The smallest absolute Gasteiger partial charge is 0.0856 e. The van der Waals surface area contributed by atoms with Crippen molar-refractivity contribution in [1.82, 2.24) is 0 Å². The van der Waals surface area contributed by atoms with E-state index in [1.54, 1.807) is 24.3 Å². The van der Waals surface area contributed by atoms with E-state index in [-0.39, 0.29) is 10.5 Å². The van der Waals surface area contributed by atoms with Crippen LogP contribution in [0.3, 0.4) is 0 Å². The standard InChI is InChI=1S/C17H12O3S/c18-17(19)15-7-3-4-8-16(15)21(20)14-10-9-12-5-1-2-6-13(12)11-14/h1-11H,(H,18,19)/p-1/t21-/m0/s1. The van der Waals surface area contributed by atoms with Gasteiger partial charge in [0.25, 0.3) is 0 Å². The molecule has 3 rings (SSSR count). The quantitative estimate of drug-likeness (QED) is 0.745. The summed E-state index contributed by atoms with van der Waals surface area (Å²) in [7, 11) is -1.56. The number of hydrogen-bond acceptors (Lipinski definition) is 3.